The Labute approximate surface area is 203 Å². The Hall–Kier alpha value is -3.89. The lowest BCUT2D eigenvalue weighted by molar-refractivity contribution is -0.124. The van der Waals surface area contributed by atoms with E-state index in [2.05, 4.69) is 49.6 Å². The maximum absolute atomic E-state index is 12.7. The lowest BCUT2D eigenvalue weighted by Gasteiger charge is -2.42. The van der Waals surface area contributed by atoms with Crippen molar-refractivity contribution in [1.29, 1.82) is 0 Å². The fourth-order valence-corrected chi connectivity index (χ4v) is 5.26. The van der Waals surface area contributed by atoms with Gasteiger partial charge in [-0.2, -0.15) is 4.98 Å². The molecule has 4 amide bonds. The van der Waals surface area contributed by atoms with Gasteiger partial charge in [-0.05, 0) is 57.9 Å². The normalized spacial score (nSPS) is 21.3. The largest absolute Gasteiger partial charge is 0.356 e. The van der Waals surface area contributed by atoms with Crippen LogP contribution in [0.2, 0.25) is 0 Å². The third-order valence-electron chi connectivity index (χ3n) is 7.13. The van der Waals surface area contributed by atoms with Gasteiger partial charge in [-0.25, -0.2) is 9.78 Å². The number of aromatic nitrogens is 2. The highest BCUT2D eigenvalue weighted by atomic mass is 16.2. The van der Waals surface area contributed by atoms with Crippen molar-refractivity contribution in [2.75, 3.05) is 40.2 Å². The summed E-state index contributed by atoms with van der Waals surface area (Å²) < 4.78 is 0. The number of hydrogen-bond acceptors (Lipinski definition) is 8. The summed E-state index contributed by atoms with van der Waals surface area (Å²) in [6, 6.07) is 7.19. The Morgan fingerprint density at radius 1 is 1.11 bits per heavy atom. The first-order valence-corrected chi connectivity index (χ1v) is 11.9. The topological polar surface area (TPSA) is 123 Å². The molecule has 1 spiro atoms. The Kier molecular flexibility index (Phi) is 5.49. The summed E-state index contributed by atoms with van der Waals surface area (Å²) in [5.41, 5.74) is 1.85. The van der Waals surface area contributed by atoms with Crippen LogP contribution in [0.25, 0.3) is 0 Å². The zero-order chi connectivity index (χ0) is 24.9. The number of carbonyl (C=O) groups excluding carboxylic acids is 3. The first kappa shape index (κ1) is 22.9. The van der Waals surface area contributed by atoms with E-state index in [1.807, 2.05) is 31.2 Å². The van der Waals surface area contributed by atoms with Crippen LogP contribution in [-0.4, -0.2) is 65.6 Å². The molecular weight excluding hydrogens is 448 g/mol. The molecule has 2 aromatic rings. The van der Waals surface area contributed by atoms with Crippen molar-refractivity contribution >= 4 is 46.7 Å². The number of nitrogens with one attached hydrogen (secondary N) is 3. The van der Waals surface area contributed by atoms with Crippen molar-refractivity contribution in [2.45, 2.75) is 51.2 Å². The van der Waals surface area contributed by atoms with Crippen molar-refractivity contribution in [3.8, 4) is 0 Å². The molecule has 0 radical (unpaired) electrons. The molecule has 0 unspecified atom stereocenters. The summed E-state index contributed by atoms with van der Waals surface area (Å²) in [7, 11) is 1.80. The molecular formula is C24H30N8O3. The first-order chi connectivity index (χ1) is 16.7. The van der Waals surface area contributed by atoms with Crippen LogP contribution in [0.15, 0.2) is 30.5 Å². The van der Waals surface area contributed by atoms with Crippen LogP contribution in [0.1, 0.15) is 33.6 Å². The molecule has 0 aliphatic carbocycles. The number of carbonyl (C=O) groups is 3. The fraction of sp³-hybridized carbons (Fsp3) is 0.458. The van der Waals surface area contributed by atoms with Crippen LogP contribution in [-0.2, 0) is 9.59 Å². The zero-order valence-electron chi connectivity index (χ0n) is 20.3. The summed E-state index contributed by atoms with van der Waals surface area (Å²) in [5.74, 6) is 1.03. The molecule has 0 saturated carbocycles. The summed E-state index contributed by atoms with van der Waals surface area (Å²) in [5, 5.41) is 8.42. The second kappa shape index (κ2) is 8.40. The molecule has 3 aliphatic rings. The van der Waals surface area contributed by atoms with E-state index in [0.29, 0.717) is 31.9 Å². The predicted molar refractivity (Wildman–Crippen MR) is 133 cm³/mol. The van der Waals surface area contributed by atoms with Crippen molar-refractivity contribution in [1.82, 2.24) is 20.6 Å². The smallest absolute Gasteiger partial charge is 0.322 e. The Morgan fingerprint density at radius 3 is 2.51 bits per heavy atom. The van der Waals surface area contributed by atoms with Crippen LogP contribution in [0.4, 0.5) is 33.6 Å². The van der Waals surface area contributed by atoms with Crippen molar-refractivity contribution < 1.29 is 14.4 Å². The molecule has 35 heavy (non-hydrogen) atoms. The number of nitrogens with zero attached hydrogens (tertiary/aromatic N) is 5. The van der Waals surface area contributed by atoms with Gasteiger partial charge in [0.25, 0.3) is 5.91 Å². The van der Waals surface area contributed by atoms with Crippen LogP contribution in [0, 0.1) is 0 Å². The van der Waals surface area contributed by atoms with Gasteiger partial charge in [-0.3, -0.25) is 14.9 Å². The molecule has 184 valence electrons. The van der Waals surface area contributed by atoms with Gasteiger partial charge in [0.2, 0.25) is 11.9 Å². The number of piperidine rings is 1. The highest BCUT2D eigenvalue weighted by Gasteiger charge is 2.48. The fourth-order valence-electron chi connectivity index (χ4n) is 5.26. The minimum atomic E-state index is -0.821. The van der Waals surface area contributed by atoms with E-state index < -0.39 is 11.6 Å². The molecule has 11 heteroatoms. The van der Waals surface area contributed by atoms with E-state index in [4.69, 9.17) is 0 Å². The molecule has 11 nitrogen and oxygen atoms in total. The number of imide groups is 1. The maximum Gasteiger partial charge on any atom is 0.322 e. The second-order valence-corrected chi connectivity index (χ2v) is 9.62. The van der Waals surface area contributed by atoms with E-state index in [1.54, 1.807) is 18.1 Å². The van der Waals surface area contributed by atoms with Gasteiger partial charge in [0.1, 0.15) is 17.4 Å². The molecule has 5 rings (SSSR count). The molecule has 1 atom stereocenters. The number of urea groups is 1. The van der Waals surface area contributed by atoms with Crippen LogP contribution >= 0.6 is 0 Å². The van der Waals surface area contributed by atoms with Crippen LogP contribution in [0.3, 0.4) is 0 Å². The monoisotopic (exact) mass is 478 g/mol. The lowest BCUT2D eigenvalue weighted by Crippen LogP contribution is -2.55. The molecule has 2 fully saturated rings. The summed E-state index contributed by atoms with van der Waals surface area (Å²) in [6.45, 7) is 7.26. The average molecular weight is 479 g/mol. The SMILES string of the molecule is CC(C)N1c2cc(Nc3nccc(N4CCC5(CC4)NC(=O)NC5=O)n3)ccc2N(C)C(=O)[C@H]1C. The average Bonchev–Trinajstić information content (AvgIpc) is 3.10. The van der Waals surface area contributed by atoms with E-state index in [-0.39, 0.29) is 23.9 Å². The van der Waals surface area contributed by atoms with E-state index >= 15 is 0 Å². The van der Waals surface area contributed by atoms with E-state index in [1.165, 1.54) is 0 Å². The van der Waals surface area contributed by atoms with Gasteiger partial charge < -0.3 is 25.3 Å². The van der Waals surface area contributed by atoms with Gasteiger partial charge in [0.05, 0.1) is 11.4 Å². The molecule has 4 heterocycles. The van der Waals surface area contributed by atoms with Gasteiger partial charge in [-0.15, -0.1) is 0 Å². The Morgan fingerprint density at radius 2 is 1.86 bits per heavy atom. The Balaban J connectivity index is 1.34. The van der Waals surface area contributed by atoms with Crippen LogP contribution < -0.4 is 30.7 Å². The number of likely N-dealkylation sites (N-methyl/N-ethyl adjacent to an activating group) is 1. The minimum Gasteiger partial charge on any atom is -0.356 e. The maximum atomic E-state index is 12.7. The zero-order valence-corrected chi connectivity index (χ0v) is 20.3. The third kappa shape index (κ3) is 3.90. The van der Waals surface area contributed by atoms with Gasteiger partial charge in [0.15, 0.2) is 0 Å². The molecule has 3 aliphatic heterocycles. The summed E-state index contributed by atoms with van der Waals surface area (Å²) in [4.78, 5) is 51.5. The predicted octanol–water partition coefficient (Wildman–Crippen LogP) is 1.98. The third-order valence-corrected chi connectivity index (χ3v) is 7.13. The molecule has 0 bridgehead atoms. The van der Waals surface area contributed by atoms with Gasteiger partial charge >= 0.3 is 6.03 Å². The lowest BCUT2D eigenvalue weighted by atomic mass is 9.88. The number of anilines is 5. The van der Waals surface area contributed by atoms with Crippen LogP contribution in [0.5, 0.6) is 0 Å². The second-order valence-electron chi connectivity index (χ2n) is 9.62. The van der Waals surface area contributed by atoms with Gasteiger partial charge in [-0.1, -0.05) is 0 Å². The number of amides is 4. The summed E-state index contributed by atoms with van der Waals surface area (Å²) >= 11 is 0. The molecule has 1 aromatic carbocycles. The number of hydrogen-bond donors (Lipinski definition) is 3. The van der Waals surface area contributed by atoms with E-state index in [9.17, 15) is 14.4 Å². The highest BCUT2D eigenvalue weighted by Crippen LogP contribution is 2.39. The molecule has 1 aromatic heterocycles. The highest BCUT2D eigenvalue weighted by molar-refractivity contribution is 6.07. The standard InChI is InChI=1S/C24H30N8O3/c1-14(2)32-15(3)20(33)30(4)17-6-5-16(13-18(17)32)26-22-25-10-7-19(27-22)31-11-8-24(9-12-31)21(34)28-23(35)29-24/h5-7,10,13-15H,8-9,11-12H2,1-4H3,(H,25,26,27)(H2,28,29,34,35)/t15-/m1/s1. The van der Waals surface area contributed by atoms with Gasteiger partial charge in [0, 0.05) is 38.1 Å². The number of rotatable bonds is 4. The number of fused-ring (bicyclic) bond motifs is 1. The van der Waals surface area contributed by atoms with Crippen molar-refractivity contribution in [2.24, 2.45) is 0 Å². The van der Waals surface area contributed by atoms with Crippen molar-refractivity contribution in [3.63, 3.8) is 0 Å². The molecule has 3 N–H and O–H groups in total. The minimum absolute atomic E-state index is 0.0703. The Bertz CT molecular complexity index is 1190. The summed E-state index contributed by atoms with van der Waals surface area (Å²) in [6.07, 6.45) is 2.72. The number of benzene rings is 1. The quantitative estimate of drug-likeness (QED) is 0.570. The van der Waals surface area contributed by atoms with E-state index in [0.717, 1.165) is 22.9 Å². The molecule has 2 saturated heterocycles. The van der Waals surface area contributed by atoms with Crippen molar-refractivity contribution in [3.05, 3.63) is 30.5 Å². The first-order valence-electron chi connectivity index (χ1n) is 11.9.